The van der Waals surface area contributed by atoms with E-state index in [1.165, 1.54) is 0 Å². The summed E-state index contributed by atoms with van der Waals surface area (Å²) in [7, 11) is 0. The van der Waals surface area contributed by atoms with E-state index in [1.54, 1.807) is 0 Å². The molecule has 0 heterocycles. The maximum atomic E-state index is 9.98. The number of carbonyl (C=O) groups excluding carboxylic acids is 1. The number of hydrogen-bond donors (Lipinski definition) is 2. The lowest BCUT2D eigenvalue weighted by Gasteiger charge is -1.95. The Kier molecular flexibility index (Phi) is 3.38. The van der Waals surface area contributed by atoms with Crippen molar-refractivity contribution in [3.05, 3.63) is 0 Å². The van der Waals surface area contributed by atoms with Gasteiger partial charge in [-0.1, -0.05) is 0 Å². The zero-order valence-corrected chi connectivity index (χ0v) is 4.53. The summed E-state index contributed by atoms with van der Waals surface area (Å²) < 4.78 is 3.96. The highest BCUT2D eigenvalue weighted by Gasteiger charge is 2.01. The van der Waals surface area contributed by atoms with E-state index in [2.05, 4.69) is 4.74 Å². The molecule has 0 spiro atoms. The summed E-state index contributed by atoms with van der Waals surface area (Å²) in [4.78, 5) is 19.6. The van der Waals surface area contributed by atoms with Crippen LogP contribution < -0.4 is 0 Å². The second kappa shape index (κ2) is 3.85. The minimum absolute atomic E-state index is 0.695. The van der Waals surface area contributed by atoms with Crippen molar-refractivity contribution in [1.29, 1.82) is 0 Å². The van der Waals surface area contributed by atoms with Crippen LogP contribution >= 0.6 is 0 Å². The van der Waals surface area contributed by atoms with Gasteiger partial charge < -0.3 is 14.9 Å². The van der Waals surface area contributed by atoms with Gasteiger partial charge >= 0.3 is 11.9 Å². The fourth-order valence-corrected chi connectivity index (χ4v) is 0.188. The van der Waals surface area contributed by atoms with Crippen molar-refractivity contribution in [2.75, 3.05) is 13.2 Å². The van der Waals surface area contributed by atoms with E-state index in [4.69, 9.17) is 10.2 Å². The van der Waals surface area contributed by atoms with Crippen LogP contribution in [-0.2, 0) is 14.3 Å². The molecule has 0 radical (unpaired) electrons. The molecule has 0 fully saturated rings. The lowest BCUT2D eigenvalue weighted by atomic mass is 10.7. The average Bonchev–Trinajstić information content (AvgIpc) is 1.83. The molecule has 0 aliphatic carbocycles. The van der Waals surface area contributed by atoms with Gasteiger partial charge in [0.15, 0.2) is 6.61 Å². The Morgan fingerprint density at radius 1 is 1.44 bits per heavy atom. The SMILES string of the molecule is O=C(O)COC(=O)CO. The number of aliphatic hydroxyl groups is 1. The van der Waals surface area contributed by atoms with Crippen LogP contribution in [0, 0.1) is 0 Å². The molecule has 0 amide bonds. The molecule has 0 saturated heterocycles. The number of hydrogen-bond acceptors (Lipinski definition) is 4. The first-order valence-corrected chi connectivity index (χ1v) is 2.15. The molecule has 0 rings (SSSR count). The minimum Gasteiger partial charge on any atom is -0.479 e. The Bertz CT molecular complexity index is 118. The van der Waals surface area contributed by atoms with Gasteiger partial charge in [0.1, 0.15) is 6.61 Å². The number of aliphatic hydroxyl groups excluding tert-OH is 1. The van der Waals surface area contributed by atoms with Crippen LogP contribution in [0.1, 0.15) is 0 Å². The average molecular weight is 134 g/mol. The molecule has 0 aliphatic heterocycles. The van der Waals surface area contributed by atoms with E-state index in [1.807, 2.05) is 0 Å². The quantitative estimate of drug-likeness (QED) is 0.464. The topological polar surface area (TPSA) is 83.8 Å². The highest BCUT2D eigenvalue weighted by molar-refractivity contribution is 5.75. The molecular weight excluding hydrogens is 128 g/mol. The Balaban J connectivity index is 3.28. The van der Waals surface area contributed by atoms with Crippen LogP contribution in [-0.4, -0.2) is 35.4 Å². The molecule has 0 aromatic rings. The van der Waals surface area contributed by atoms with Crippen molar-refractivity contribution in [2.24, 2.45) is 0 Å². The molecule has 0 aromatic carbocycles. The number of ether oxygens (including phenoxy) is 1. The smallest absolute Gasteiger partial charge is 0.341 e. The van der Waals surface area contributed by atoms with E-state index in [0.29, 0.717) is 0 Å². The molecular formula is C4H6O5. The summed E-state index contributed by atoms with van der Waals surface area (Å²) in [5.74, 6) is -2.17. The van der Waals surface area contributed by atoms with Crippen LogP contribution in [0.4, 0.5) is 0 Å². The van der Waals surface area contributed by atoms with Crippen LogP contribution in [0.5, 0.6) is 0 Å². The first kappa shape index (κ1) is 7.90. The van der Waals surface area contributed by atoms with Gasteiger partial charge in [-0.2, -0.15) is 0 Å². The summed E-state index contributed by atoms with van der Waals surface area (Å²) in [5, 5.41) is 15.9. The molecule has 2 N–H and O–H groups in total. The second-order valence-corrected chi connectivity index (χ2v) is 1.21. The molecule has 52 valence electrons. The zero-order chi connectivity index (χ0) is 7.28. The highest BCUT2D eigenvalue weighted by Crippen LogP contribution is 1.74. The maximum absolute atomic E-state index is 9.98. The maximum Gasteiger partial charge on any atom is 0.341 e. The van der Waals surface area contributed by atoms with Crippen LogP contribution in [0.25, 0.3) is 0 Å². The molecule has 5 heteroatoms. The number of rotatable bonds is 3. The molecule has 9 heavy (non-hydrogen) atoms. The van der Waals surface area contributed by atoms with Gasteiger partial charge in [0.2, 0.25) is 0 Å². The van der Waals surface area contributed by atoms with Crippen molar-refractivity contribution in [3.8, 4) is 0 Å². The molecule has 0 bridgehead atoms. The van der Waals surface area contributed by atoms with Gasteiger partial charge in [-0.15, -0.1) is 0 Å². The van der Waals surface area contributed by atoms with Crippen molar-refractivity contribution in [3.63, 3.8) is 0 Å². The van der Waals surface area contributed by atoms with Crippen LogP contribution in [0.2, 0.25) is 0 Å². The second-order valence-electron chi connectivity index (χ2n) is 1.21. The summed E-state index contributed by atoms with van der Waals surface area (Å²) >= 11 is 0. The first-order valence-electron chi connectivity index (χ1n) is 2.15. The number of carboxylic acids is 1. The largest absolute Gasteiger partial charge is 0.479 e. The third-order valence-corrected chi connectivity index (χ3v) is 0.486. The fourth-order valence-electron chi connectivity index (χ4n) is 0.188. The Hall–Kier alpha value is -1.10. The lowest BCUT2D eigenvalue weighted by Crippen LogP contribution is -2.15. The van der Waals surface area contributed by atoms with E-state index in [-0.39, 0.29) is 0 Å². The van der Waals surface area contributed by atoms with Gasteiger partial charge in [0.25, 0.3) is 0 Å². The van der Waals surface area contributed by atoms with Gasteiger partial charge in [0.05, 0.1) is 0 Å². The predicted octanol–water partition coefficient (Wildman–Crippen LogP) is -1.39. The summed E-state index contributed by atoms with van der Waals surface area (Å²) in [6.07, 6.45) is 0. The first-order chi connectivity index (χ1) is 4.16. The van der Waals surface area contributed by atoms with Crippen LogP contribution in [0.15, 0.2) is 0 Å². The number of carboxylic acid groups (broad SMARTS) is 1. The Morgan fingerprint density at radius 3 is 2.33 bits per heavy atom. The third-order valence-electron chi connectivity index (χ3n) is 0.486. The van der Waals surface area contributed by atoms with E-state index in [0.717, 1.165) is 0 Å². The van der Waals surface area contributed by atoms with Crippen molar-refractivity contribution in [1.82, 2.24) is 0 Å². The Morgan fingerprint density at radius 2 is 2.00 bits per heavy atom. The number of carbonyl (C=O) groups is 2. The van der Waals surface area contributed by atoms with E-state index in [9.17, 15) is 9.59 Å². The van der Waals surface area contributed by atoms with Crippen LogP contribution in [0.3, 0.4) is 0 Å². The zero-order valence-electron chi connectivity index (χ0n) is 4.53. The van der Waals surface area contributed by atoms with Gasteiger partial charge in [-0.3, -0.25) is 0 Å². The van der Waals surface area contributed by atoms with Gasteiger partial charge in [-0.05, 0) is 0 Å². The van der Waals surface area contributed by atoms with E-state index >= 15 is 0 Å². The molecule has 0 unspecified atom stereocenters. The fraction of sp³-hybridized carbons (Fsp3) is 0.500. The van der Waals surface area contributed by atoms with E-state index < -0.39 is 25.2 Å². The highest BCUT2D eigenvalue weighted by atomic mass is 16.6. The van der Waals surface area contributed by atoms with Crippen molar-refractivity contribution < 1.29 is 24.5 Å². The summed E-state index contributed by atoms with van der Waals surface area (Å²) in [6, 6.07) is 0. The lowest BCUT2D eigenvalue weighted by molar-refractivity contribution is -0.156. The molecule has 5 nitrogen and oxygen atoms in total. The standard InChI is InChI=1S/C4H6O5/c5-1-4(8)9-2-3(6)7/h5H,1-2H2,(H,6,7). The molecule has 0 aliphatic rings. The molecule has 0 saturated carbocycles. The predicted molar refractivity (Wildman–Crippen MR) is 25.7 cm³/mol. The number of aliphatic carboxylic acids is 1. The molecule has 0 aromatic heterocycles. The van der Waals surface area contributed by atoms with Crippen molar-refractivity contribution in [2.45, 2.75) is 0 Å². The Labute approximate surface area is 50.9 Å². The normalized spacial score (nSPS) is 8.56. The van der Waals surface area contributed by atoms with Gasteiger partial charge in [-0.25, -0.2) is 9.59 Å². The monoisotopic (exact) mass is 134 g/mol. The third kappa shape index (κ3) is 4.76. The van der Waals surface area contributed by atoms with Gasteiger partial charge in [0, 0.05) is 0 Å². The summed E-state index contributed by atoms with van der Waals surface area (Å²) in [5.41, 5.74) is 0. The minimum atomic E-state index is -1.24. The number of esters is 1. The molecule has 0 atom stereocenters. The summed E-state index contributed by atoms with van der Waals surface area (Å²) in [6.45, 7) is -1.48. The van der Waals surface area contributed by atoms with Crippen molar-refractivity contribution >= 4 is 11.9 Å².